The first-order valence-corrected chi connectivity index (χ1v) is 5.63. The van der Waals surface area contributed by atoms with Gasteiger partial charge in [0, 0.05) is 20.8 Å². The third kappa shape index (κ3) is 6.48. The monoisotopic (exact) mass is 227 g/mol. The molecule has 0 amide bonds. The summed E-state index contributed by atoms with van der Waals surface area (Å²) in [4.78, 5) is 10.8. The molecule has 0 N–H and O–H groups in total. The Balaban J connectivity index is 3.86. The summed E-state index contributed by atoms with van der Waals surface area (Å²) < 4.78 is 29.4. The van der Waals surface area contributed by atoms with Gasteiger partial charge in [-0.05, 0) is 6.92 Å². The second-order valence-corrected chi connectivity index (χ2v) is 3.98. The van der Waals surface area contributed by atoms with Gasteiger partial charge in [0.25, 0.3) is 7.82 Å². The van der Waals surface area contributed by atoms with Gasteiger partial charge in [0.05, 0.1) is 13.2 Å². The average Bonchev–Trinajstić information content (AvgIpc) is 2.15. The van der Waals surface area contributed by atoms with Crippen LogP contribution < -0.4 is 4.89 Å². The first-order valence-electron chi connectivity index (χ1n) is 4.17. The first kappa shape index (κ1) is 14.0. The van der Waals surface area contributed by atoms with Crippen molar-refractivity contribution < 1.29 is 28.0 Å². The molecule has 7 heteroatoms. The fourth-order valence-corrected chi connectivity index (χ4v) is 1.25. The molecule has 0 aliphatic heterocycles. The van der Waals surface area contributed by atoms with Crippen molar-refractivity contribution >= 4 is 7.82 Å². The van der Waals surface area contributed by atoms with E-state index in [4.69, 9.17) is 9.47 Å². The number of phosphoric acid groups is 1. The van der Waals surface area contributed by atoms with E-state index in [1.807, 2.05) is 0 Å². The molecule has 2 atom stereocenters. The van der Waals surface area contributed by atoms with Gasteiger partial charge in [0.1, 0.15) is 6.10 Å². The Morgan fingerprint density at radius 3 is 2.43 bits per heavy atom. The van der Waals surface area contributed by atoms with Crippen LogP contribution in [0.4, 0.5) is 0 Å². The van der Waals surface area contributed by atoms with Crippen LogP contribution in [0.5, 0.6) is 0 Å². The summed E-state index contributed by atoms with van der Waals surface area (Å²) >= 11 is 0. The van der Waals surface area contributed by atoms with Crippen LogP contribution in [0, 0.1) is 0 Å². The largest absolute Gasteiger partial charge is 0.756 e. The molecule has 0 fully saturated rings. The molecule has 14 heavy (non-hydrogen) atoms. The van der Waals surface area contributed by atoms with Crippen molar-refractivity contribution in [2.75, 3.05) is 34.0 Å². The number of methoxy groups -OCH3 is 1. The lowest BCUT2D eigenvalue weighted by Crippen LogP contribution is -2.25. The van der Waals surface area contributed by atoms with Crippen LogP contribution in [0.1, 0.15) is 6.92 Å². The molecule has 0 aromatic rings. The minimum atomic E-state index is -4.16. The fraction of sp³-hybridized carbons (Fsp3) is 1.00. The molecule has 2 unspecified atom stereocenters. The van der Waals surface area contributed by atoms with E-state index in [1.54, 1.807) is 6.92 Å². The topological polar surface area (TPSA) is 77.1 Å². The maximum Gasteiger partial charge on any atom is 0.267 e. The molecule has 0 aliphatic rings. The Morgan fingerprint density at radius 1 is 1.36 bits per heavy atom. The standard InChI is InChI=1S/C7H17O6P/c1-4-12-7(5-10-2)6-13-14(8,9)11-3/h7H,4-6H2,1-3H3,(H,8,9)/p-1. The van der Waals surface area contributed by atoms with E-state index in [0.29, 0.717) is 6.61 Å². The van der Waals surface area contributed by atoms with Gasteiger partial charge >= 0.3 is 0 Å². The van der Waals surface area contributed by atoms with Crippen LogP contribution in [0.15, 0.2) is 0 Å². The van der Waals surface area contributed by atoms with Crippen LogP contribution >= 0.6 is 7.82 Å². The Morgan fingerprint density at radius 2 is 2.00 bits per heavy atom. The number of hydrogen-bond donors (Lipinski definition) is 0. The highest BCUT2D eigenvalue weighted by atomic mass is 31.2. The SMILES string of the molecule is CCOC(COC)COP(=O)([O-])OC. The zero-order chi connectivity index (χ0) is 11.0. The lowest BCUT2D eigenvalue weighted by molar-refractivity contribution is -0.225. The van der Waals surface area contributed by atoms with Gasteiger partial charge < -0.3 is 23.4 Å². The maximum absolute atomic E-state index is 10.8. The van der Waals surface area contributed by atoms with Gasteiger partial charge in [-0.3, -0.25) is 4.57 Å². The van der Waals surface area contributed by atoms with Crippen LogP contribution in [0.2, 0.25) is 0 Å². The van der Waals surface area contributed by atoms with Crippen molar-refractivity contribution in [3.8, 4) is 0 Å². The van der Waals surface area contributed by atoms with Crippen molar-refractivity contribution in [3.05, 3.63) is 0 Å². The molecular weight excluding hydrogens is 211 g/mol. The number of phosphoric ester groups is 1. The van der Waals surface area contributed by atoms with Crippen molar-refractivity contribution in [2.24, 2.45) is 0 Å². The second kappa shape index (κ2) is 7.34. The third-order valence-electron chi connectivity index (χ3n) is 1.40. The van der Waals surface area contributed by atoms with Crippen LogP contribution in [-0.4, -0.2) is 40.1 Å². The molecule has 6 nitrogen and oxygen atoms in total. The van der Waals surface area contributed by atoms with Gasteiger partial charge in [-0.2, -0.15) is 0 Å². The third-order valence-corrected chi connectivity index (χ3v) is 2.31. The van der Waals surface area contributed by atoms with Crippen LogP contribution in [-0.2, 0) is 23.1 Å². The summed E-state index contributed by atoms with van der Waals surface area (Å²) in [5.74, 6) is 0. The van der Waals surface area contributed by atoms with Gasteiger partial charge in [0.2, 0.25) is 0 Å². The minimum Gasteiger partial charge on any atom is -0.756 e. The van der Waals surface area contributed by atoms with Gasteiger partial charge in [0.15, 0.2) is 0 Å². The number of hydrogen-bond acceptors (Lipinski definition) is 6. The van der Waals surface area contributed by atoms with Crippen molar-refractivity contribution in [3.63, 3.8) is 0 Å². The van der Waals surface area contributed by atoms with Crippen LogP contribution in [0.25, 0.3) is 0 Å². The fourth-order valence-electron chi connectivity index (χ4n) is 0.793. The van der Waals surface area contributed by atoms with E-state index in [-0.39, 0.29) is 13.2 Å². The van der Waals surface area contributed by atoms with Gasteiger partial charge in [-0.1, -0.05) is 0 Å². The molecular formula is C7H16O6P-. The first-order chi connectivity index (χ1) is 6.55. The molecule has 0 saturated heterocycles. The normalized spacial score (nSPS) is 17.7. The highest BCUT2D eigenvalue weighted by molar-refractivity contribution is 7.45. The quantitative estimate of drug-likeness (QED) is 0.550. The summed E-state index contributed by atoms with van der Waals surface area (Å²) in [5, 5.41) is 0. The minimum absolute atomic E-state index is 0.101. The van der Waals surface area contributed by atoms with E-state index < -0.39 is 13.9 Å². The highest BCUT2D eigenvalue weighted by Crippen LogP contribution is 2.36. The van der Waals surface area contributed by atoms with Crippen molar-refractivity contribution in [2.45, 2.75) is 13.0 Å². The van der Waals surface area contributed by atoms with E-state index in [2.05, 4.69) is 9.05 Å². The number of rotatable bonds is 8. The molecule has 0 aromatic heterocycles. The molecule has 86 valence electrons. The van der Waals surface area contributed by atoms with E-state index >= 15 is 0 Å². The smallest absolute Gasteiger partial charge is 0.267 e. The van der Waals surface area contributed by atoms with Crippen molar-refractivity contribution in [1.82, 2.24) is 0 Å². The molecule has 0 bridgehead atoms. The molecule has 0 aromatic carbocycles. The molecule has 0 aliphatic carbocycles. The zero-order valence-electron chi connectivity index (χ0n) is 8.60. The Bertz CT molecular complexity index is 179. The van der Waals surface area contributed by atoms with Crippen molar-refractivity contribution in [1.29, 1.82) is 0 Å². The van der Waals surface area contributed by atoms with E-state index in [9.17, 15) is 9.46 Å². The lowest BCUT2D eigenvalue weighted by atomic mass is 10.4. The molecule has 0 radical (unpaired) electrons. The summed E-state index contributed by atoms with van der Waals surface area (Å²) in [6, 6.07) is 0. The summed E-state index contributed by atoms with van der Waals surface area (Å²) in [5.41, 5.74) is 0. The highest BCUT2D eigenvalue weighted by Gasteiger charge is 2.13. The van der Waals surface area contributed by atoms with Gasteiger partial charge in [-0.25, -0.2) is 0 Å². The van der Waals surface area contributed by atoms with Gasteiger partial charge in [-0.15, -0.1) is 0 Å². The molecule has 0 heterocycles. The predicted octanol–water partition coefficient (Wildman–Crippen LogP) is 0.169. The molecule has 0 saturated carbocycles. The van der Waals surface area contributed by atoms with E-state index in [1.165, 1.54) is 7.11 Å². The zero-order valence-corrected chi connectivity index (χ0v) is 9.49. The predicted molar refractivity (Wildman–Crippen MR) is 47.9 cm³/mol. The molecule has 0 rings (SSSR count). The van der Waals surface area contributed by atoms with Crippen LogP contribution in [0.3, 0.4) is 0 Å². The average molecular weight is 227 g/mol. The Hall–Kier alpha value is 0.0300. The summed E-state index contributed by atoms with van der Waals surface area (Å²) in [7, 11) is -1.62. The molecule has 0 spiro atoms. The number of ether oxygens (including phenoxy) is 2. The lowest BCUT2D eigenvalue weighted by Gasteiger charge is -2.23. The summed E-state index contributed by atoms with van der Waals surface area (Å²) in [6.45, 7) is 2.44. The van der Waals surface area contributed by atoms with E-state index in [0.717, 1.165) is 7.11 Å². The Labute approximate surface area is 83.7 Å². The maximum atomic E-state index is 10.8. The summed E-state index contributed by atoms with van der Waals surface area (Å²) in [6.07, 6.45) is -0.401. The second-order valence-electron chi connectivity index (χ2n) is 2.46. The Kier molecular flexibility index (Phi) is 7.35.